The van der Waals surface area contributed by atoms with Crippen molar-refractivity contribution in [3.63, 3.8) is 0 Å². The lowest BCUT2D eigenvalue weighted by Gasteiger charge is -2.38. The largest absolute Gasteiger partial charge is 0.480 e. The smallest absolute Gasteiger partial charge is 0.325 e. The van der Waals surface area contributed by atoms with Crippen LogP contribution in [-0.2, 0) is 11.3 Å². The number of fused-ring (bicyclic) bond motifs is 1. The van der Waals surface area contributed by atoms with Gasteiger partial charge in [0.15, 0.2) is 5.82 Å². The molecular formula is C18H14F3N5O3. The Kier molecular flexibility index (Phi) is 4.36. The molecule has 1 aromatic carbocycles. The van der Waals surface area contributed by atoms with Crippen LogP contribution in [0.1, 0.15) is 22.0 Å². The first-order valence-electron chi connectivity index (χ1n) is 8.52. The van der Waals surface area contributed by atoms with Crippen molar-refractivity contribution in [2.45, 2.75) is 12.5 Å². The molecule has 0 aliphatic carbocycles. The van der Waals surface area contributed by atoms with Crippen molar-refractivity contribution >= 4 is 28.6 Å². The monoisotopic (exact) mass is 405 g/mol. The molecule has 0 spiro atoms. The van der Waals surface area contributed by atoms with Crippen LogP contribution in [0.5, 0.6) is 0 Å². The van der Waals surface area contributed by atoms with Gasteiger partial charge in [0, 0.05) is 31.1 Å². The van der Waals surface area contributed by atoms with Crippen LogP contribution in [0, 0.1) is 17.5 Å². The van der Waals surface area contributed by atoms with Crippen molar-refractivity contribution in [1.29, 1.82) is 0 Å². The van der Waals surface area contributed by atoms with E-state index in [1.165, 1.54) is 4.90 Å². The maximum absolute atomic E-state index is 14.4. The fourth-order valence-corrected chi connectivity index (χ4v) is 3.39. The fourth-order valence-electron chi connectivity index (χ4n) is 3.39. The number of carbonyl (C=O) groups is 2. The number of carboxylic acids is 1. The Bertz CT molecular complexity index is 1160. The fraction of sp³-hybridized carbons (Fsp3) is 0.222. The molecule has 3 N–H and O–H groups in total. The van der Waals surface area contributed by atoms with Crippen molar-refractivity contribution < 1.29 is 27.9 Å². The molecule has 150 valence electrons. The highest BCUT2D eigenvalue weighted by molar-refractivity contribution is 5.96. The summed E-state index contributed by atoms with van der Waals surface area (Å²) < 4.78 is 42.9. The third-order valence-electron chi connectivity index (χ3n) is 4.74. The lowest BCUT2D eigenvalue weighted by atomic mass is 9.93. The summed E-state index contributed by atoms with van der Waals surface area (Å²) in [6.07, 6.45) is 0.852. The van der Waals surface area contributed by atoms with Crippen molar-refractivity contribution in [2.24, 2.45) is 0 Å². The number of benzene rings is 1. The van der Waals surface area contributed by atoms with E-state index in [1.807, 2.05) is 0 Å². The predicted molar refractivity (Wildman–Crippen MR) is 94.5 cm³/mol. The Morgan fingerprint density at radius 2 is 1.90 bits per heavy atom. The number of anilines is 1. The predicted octanol–water partition coefficient (Wildman–Crippen LogP) is 1.75. The van der Waals surface area contributed by atoms with Gasteiger partial charge in [-0.3, -0.25) is 14.3 Å². The first kappa shape index (κ1) is 18.7. The topological polar surface area (TPSA) is 114 Å². The van der Waals surface area contributed by atoms with Crippen LogP contribution in [0.15, 0.2) is 24.4 Å². The van der Waals surface area contributed by atoms with Gasteiger partial charge in [0.05, 0.1) is 28.4 Å². The number of rotatable bonds is 4. The number of hydrogen-bond acceptors (Lipinski definition) is 5. The minimum absolute atomic E-state index is 0.00378. The molecule has 0 bridgehead atoms. The molecule has 0 radical (unpaired) electrons. The van der Waals surface area contributed by atoms with Crippen LogP contribution >= 0.6 is 0 Å². The van der Waals surface area contributed by atoms with Crippen molar-refractivity contribution in [3.05, 3.63) is 53.1 Å². The zero-order valence-electron chi connectivity index (χ0n) is 14.8. The molecule has 1 fully saturated rings. The number of carboxylic acid groups (broad SMARTS) is 1. The maximum atomic E-state index is 14.4. The number of hydrogen-bond donors (Lipinski definition) is 2. The molecule has 1 aliphatic rings. The molecule has 1 saturated heterocycles. The van der Waals surface area contributed by atoms with Crippen LogP contribution < -0.4 is 5.73 Å². The third-order valence-corrected chi connectivity index (χ3v) is 4.74. The van der Waals surface area contributed by atoms with E-state index >= 15 is 0 Å². The average Bonchev–Trinajstić information content (AvgIpc) is 2.93. The van der Waals surface area contributed by atoms with Crippen LogP contribution in [0.25, 0.3) is 10.9 Å². The summed E-state index contributed by atoms with van der Waals surface area (Å²) in [5.74, 6) is -4.79. The van der Waals surface area contributed by atoms with Gasteiger partial charge in [0.25, 0.3) is 5.91 Å². The second-order valence-corrected chi connectivity index (χ2v) is 6.71. The summed E-state index contributed by atoms with van der Waals surface area (Å²) in [4.78, 5) is 28.4. The molecular weight excluding hydrogens is 391 g/mol. The number of amides is 1. The number of aliphatic carboxylic acids is 1. The molecule has 2 aromatic heterocycles. The Labute approximate surface area is 161 Å². The molecule has 0 unspecified atom stereocenters. The Morgan fingerprint density at radius 1 is 1.17 bits per heavy atom. The average molecular weight is 405 g/mol. The summed E-state index contributed by atoms with van der Waals surface area (Å²) in [6.45, 7) is -0.358. The number of halogens is 3. The summed E-state index contributed by atoms with van der Waals surface area (Å²) in [5.41, 5.74) is 5.50. The summed E-state index contributed by atoms with van der Waals surface area (Å²) in [7, 11) is 0. The summed E-state index contributed by atoms with van der Waals surface area (Å²) in [5, 5.41) is 13.2. The molecule has 3 aromatic rings. The molecule has 4 rings (SSSR count). The highest BCUT2D eigenvalue weighted by Crippen LogP contribution is 2.34. The van der Waals surface area contributed by atoms with Crippen LogP contribution in [0.2, 0.25) is 0 Å². The minimum Gasteiger partial charge on any atom is -0.480 e. The number of aromatic nitrogens is 3. The second-order valence-electron chi connectivity index (χ2n) is 6.71. The van der Waals surface area contributed by atoms with E-state index in [2.05, 4.69) is 10.1 Å². The maximum Gasteiger partial charge on any atom is 0.325 e. The Morgan fingerprint density at radius 3 is 2.59 bits per heavy atom. The molecule has 29 heavy (non-hydrogen) atoms. The van der Waals surface area contributed by atoms with Crippen LogP contribution in [0.3, 0.4) is 0 Å². The second kappa shape index (κ2) is 6.76. The number of nitrogens with zero attached hydrogens (tertiary/aromatic N) is 4. The molecule has 1 amide bonds. The number of carbonyl (C=O) groups excluding carboxylic acids is 1. The Balaban J connectivity index is 1.63. The van der Waals surface area contributed by atoms with Gasteiger partial charge in [-0.05, 0) is 6.07 Å². The Hall–Kier alpha value is -3.63. The summed E-state index contributed by atoms with van der Waals surface area (Å²) >= 11 is 0. The van der Waals surface area contributed by atoms with E-state index in [4.69, 9.17) is 10.8 Å². The van der Waals surface area contributed by atoms with E-state index in [9.17, 15) is 22.8 Å². The van der Waals surface area contributed by atoms with E-state index < -0.39 is 41.8 Å². The van der Waals surface area contributed by atoms with E-state index in [1.54, 1.807) is 0 Å². The number of likely N-dealkylation sites (tertiary alicyclic amines) is 1. The van der Waals surface area contributed by atoms with Gasteiger partial charge in [0.2, 0.25) is 0 Å². The normalized spacial score (nSPS) is 14.2. The molecule has 0 saturated carbocycles. The van der Waals surface area contributed by atoms with Gasteiger partial charge < -0.3 is 15.7 Å². The zero-order chi connectivity index (χ0) is 20.9. The first-order valence-corrected chi connectivity index (χ1v) is 8.52. The van der Waals surface area contributed by atoms with Gasteiger partial charge in [-0.25, -0.2) is 18.2 Å². The van der Waals surface area contributed by atoms with Gasteiger partial charge in [-0.2, -0.15) is 5.10 Å². The van der Waals surface area contributed by atoms with Gasteiger partial charge in [-0.1, -0.05) is 0 Å². The lowest BCUT2D eigenvalue weighted by molar-refractivity contribution is -0.137. The molecule has 0 atom stereocenters. The van der Waals surface area contributed by atoms with Crippen LogP contribution in [0.4, 0.5) is 19.0 Å². The minimum atomic E-state index is -1.22. The van der Waals surface area contributed by atoms with Gasteiger partial charge in [-0.15, -0.1) is 0 Å². The standard InChI is InChI=1S/C18H14F3N5O3/c19-9-1-11(20)16-13(2-9)26(7-15(27)28)24-17(16)8-5-25(6-8)18(29)10-3-14(22)23-4-12(10)21/h1-4,8H,5-7H2,(H2,22,23)(H,27,28). The number of pyridine rings is 1. The molecule has 8 nitrogen and oxygen atoms in total. The highest BCUT2D eigenvalue weighted by Gasteiger charge is 2.37. The van der Waals surface area contributed by atoms with Gasteiger partial charge in [0.1, 0.15) is 24.0 Å². The lowest BCUT2D eigenvalue weighted by Crippen LogP contribution is -2.49. The SMILES string of the molecule is Nc1cc(C(=O)N2CC(c3nn(CC(=O)O)c4cc(F)cc(F)c34)C2)c(F)cn1. The van der Waals surface area contributed by atoms with E-state index in [-0.39, 0.29) is 41.1 Å². The van der Waals surface area contributed by atoms with Crippen molar-refractivity contribution in [3.8, 4) is 0 Å². The van der Waals surface area contributed by atoms with Crippen LogP contribution in [-0.4, -0.2) is 49.7 Å². The molecule has 3 heterocycles. The molecule has 1 aliphatic heterocycles. The van der Waals surface area contributed by atoms with Crippen molar-refractivity contribution in [2.75, 3.05) is 18.8 Å². The summed E-state index contributed by atoms with van der Waals surface area (Å²) in [6, 6.07) is 2.83. The van der Waals surface area contributed by atoms with Gasteiger partial charge >= 0.3 is 5.97 Å². The molecule has 11 heteroatoms. The van der Waals surface area contributed by atoms with E-state index in [0.29, 0.717) is 6.07 Å². The third kappa shape index (κ3) is 3.24. The highest BCUT2D eigenvalue weighted by atomic mass is 19.1. The number of nitrogen functional groups attached to an aromatic ring is 1. The van der Waals surface area contributed by atoms with Crippen molar-refractivity contribution in [1.82, 2.24) is 19.7 Å². The quantitative estimate of drug-likeness (QED) is 0.684. The zero-order valence-corrected chi connectivity index (χ0v) is 14.8. The van der Waals surface area contributed by atoms with E-state index in [0.717, 1.165) is 23.0 Å². The number of nitrogens with two attached hydrogens (primary N) is 1. The first-order chi connectivity index (χ1) is 13.7.